The zero-order valence-electron chi connectivity index (χ0n) is 14.7. The molecule has 0 atom stereocenters. The van der Waals surface area contributed by atoms with Gasteiger partial charge in [-0.3, -0.25) is 4.98 Å². The van der Waals surface area contributed by atoms with E-state index >= 15 is 0 Å². The smallest absolute Gasteiger partial charge is 0.147 e. The predicted molar refractivity (Wildman–Crippen MR) is 104 cm³/mol. The van der Waals surface area contributed by atoms with E-state index in [0.29, 0.717) is 0 Å². The summed E-state index contributed by atoms with van der Waals surface area (Å²) in [7, 11) is 0. The highest BCUT2D eigenvalue weighted by atomic mass is 16.5. The molecule has 1 aliphatic rings. The van der Waals surface area contributed by atoms with Crippen LogP contribution < -0.4 is 4.90 Å². The van der Waals surface area contributed by atoms with Crippen LogP contribution in [0.3, 0.4) is 0 Å². The number of aromatic nitrogens is 3. The molecule has 0 saturated carbocycles. The van der Waals surface area contributed by atoms with E-state index in [2.05, 4.69) is 68.6 Å². The maximum absolute atomic E-state index is 5.63. The van der Waals surface area contributed by atoms with Crippen molar-refractivity contribution in [3.8, 4) is 22.4 Å². The van der Waals surface area contributed by atoms with Gasteiger partial charge in [-0.1, -0.05) is 59.8 Å². The summed E-state index contributed by atoms with van der Waals surface area (Å²) in [4.78, 5) is 10.8. The van der Waals surface area contributed by atoms with Crippen molar-refractivity contribution in [2.75, 3.05) is 11.4 Å². The molecule has 0 unspecified atom stereocenters. The summed E-state index contributed by atoms with van der Waals surface area (Å²) < 4.78 is 5.63. The molecule has 27 heavy (non-hydrogen) atoms. The Balaban J connectivity index is 1.45. The van der Waals surface area contributed by atoms with Crippen LogP contribution in [0.4, 0.5) is 5.82 Å². The lowest BCUT2D eigenvalue weighted by Crippen LogP contribution is -2.30. The Bertz CT molecular complexity index is 1040. The van der Waals surface area contributed by atoms with Crippen molar-refractivity contribution in [3.63, 3.8) is 0 Å². The van der Waals surface area contributed by atoms with Gasteiger partial charge in [-0.2, -0.15) is 0 Å². The van der Waals surface area contributed by atoms with Crippen LogP contribution in [0.2, 0.25) is 0 Å². The maximum atomic E-state index is 5.63. The number of nitrogens with zero attached hydrogens (tertiary/aromatic N) is 4. The SMILES string of the molecule is c1ccc(-c2ccc(-c3noc4c3CN(c3cnccn3)CC4)cc2)cc1. The maximum Gasteiger partial charge on any atom is 0.147 e. The third-order valence-electron chi connectivity index (χ3n) is 4.97. The third kappa shape index (κ3) is 2.97. The van der Waals surface area contributed by atoms with Crippen LogP contribution in [-0.2, 0) is 13.0 Å². The predicted octanol–water partition coefficient (Wildman–Crippen LogP) is 4.36. The molecule has 5 nitrogen and oxygen atoms in total. The van der Waals surface area contributed by atoms with Gasteiger partial charge >= 0.3 is 0 Å². The molecule has 1 aliphatic heterocycles. The Morgan fingerprint density at radius 2 is 1.63 bits per heavy atom. The highest BCUT2D eigenvalue weighted by Gasteiger charge is 2.25. The van der Waals surface area contributed by atoms with E-state index < -0.39 is 0 Å². The van der Waals surface area contributed by atoms with Crippen LogP contribution in [0.5, 0.6) is 0 Å². The first kappa shape index (κ1) is 15.8. The monoisotopic (exact) mass is 354 g/mol. The quantitative estimate of drug-likeness (QED) is 0.547. The van der Waals surface area contributed by atoms with E-state index in [1.165, 1.54) is 11.1 Å². The van der Waals surface area contributed by atoms with Crippen molar-refractivity contribution < 1.29 is 4.52 Å². The lowest BCUT2D eigenvalue weighted by Gasteiger charge is -2.26. The third-order valence-corrected chi connectivity index (χ3v) is 4.97. The summed E-state index contributed by atoms with van der Waals surface area (Å²) in [6, 6.07) is 18.9. The zero-order valence-corrected chi connectivity index (χ0v) is 14.7. The molecule has 0 N–H and O–H groups in total. The average molecular weight is 354 g/mol. The summed E-state index contributed by atoms with van der Waals surface area (Å²) in [5.41, 5.74) is 5.52. The fourth-order valence-corrected chi connectivity index (χ4v) is 3.54. The van der Waals surface area contributed by atoms with Gasteiger partial charge in [0.25, 0.3) is 0 Å². The Kier molecular flexibility index (Phi) is 3.90. The number of hydrogen-bond donors (Lipinski definition) is 0. The second-order valence-electron chi connectivity index (χ2n) is 6.61. The summed E-state index contributed by atoms with van der Waals surface area (Å²) in [6.45, 7) is 1.58. The molecule has 0 amide bonds. The van der Waals surface area contributed by atoms with Crippen LogP contribution in [0, 0.1) is 0 Å². The standard InChI is InChI=1S/C22H18N4O/c1-2-4-16(5-3-1)17-6-8-18(9-7-17)22-19-15-26(13-10-20(19)27-25-22)21-14-23-11-12-24-21/h1-9,11-12,14H,10,13,15H2. The topological polar surface area (TPSA) is 55.1 Å². The van der Waals surface area contributed by atoms with Crippen LogP contribution in [0.25, 0.3) is 22.4 Å². The second-order valence-corrected chi connectivity index (χ2v) is 6.61. The van der Waals surface area contributed by atoms with Crippen molar-refractivity contribution in [1.82, 2.24) is 15.1 Å². The van der Waals surface area contributed by atoms with Crippen molar-refractivity contribution in [3.05, 3.63) is 84.5 Å². The molecule has 132 valence electrons. The van der Waals surface area contributed by atoms with Gasteiger partial charge in [0.2, 0.25) is 0 Å². The van der Waals surface area contributed by atoms with Gasteiger partial charge in [-0.25, -0.2) is 4.98 Å². The minimum Gasteiger partial charge on any atom is -0.360 e. The van der Waals surface area contributed by atoms with Crippen LogP contribution >= 0.6 is 0 Å². The van der Waals surface area contributed by atoms with E-state index in [9.17, 15) is 0 Å². The molecule has 0 saturated heterocycles. The van der Waals surface area contributed by atoms with Gasteiger partial charge in [-0.15, -0.1) is 0 Å². The fraction of sp³-hybridized carbons (Fsp3) is 0.136. The molecule has 2 aromatic carbocycles. The van der Waals surface area contributed by atoms with Crippen molar-refractivity contribution in [2.24, 2.45) is 0 Å². The van der Waals surface area contributed by atoms with Gasteiger partial charge in [0, 0.05) is 36.5 Å². The molecule has 0 radical (unpaired) electrons. The molecule has 3 heterocycles. The highest BCUT2D eigenvalue weighted by molar-refractivity contribution is 5.70. The molecule has 0 spiro atoms. The highest BCUT2D eigenvalue weighted by Crippen LogP contribution is 2.32. The first-order valence-corrected chi connectivity index (χ1v) is 9.03. The molecule has 0 aliphatic carbocycles. The van der Waals surface area contributed by atoms with Crippen LogP contribution in [0.1, 0.15) is 11.3 Å². The Labute approximate surface area is 157 Å². The number of fused-ring (bicyclic) bond motifs is 1. The van der Waals surface area contributed by atoms with E-state index in [1.807, 2.05) is 6.07 Å². The van der Waals surface area contributed by atoms with Gasteiger partial charge in [-0.05, 0) is 11.1 Å². The summed E-state index contributed by atoms with van der Waals surface area (Å²) in [5.74, 6) is 1.85. The Morgan fingerprint density at radius 1 is 0.852 bits per heavy atom. The van der Waals surface area contributed by atoms with Crippen molar-refractivity contribution in [2.45, 2.75) is 13.0 Å². The number of benzene rings is 2. The van der Waals surface area contributed by atoms with E-state index in [1.54, 1.807) is 18.6 Å². The number of anilines is 1. The van der Waals surface area contributed by atoms with Crippen LogP contribution in [0.15, 0.2) is 77.7 Å². The normalized spacial score (nSPS) is 13.4. The first-order valence-electron chi connectivity index (χ1n) is 9.03. The fourth-order valence-electron chi connectivity index (χ4n) is 3.54. The van der Waals surface area contributed by atoms with Gasteiger partial charge in [0.05, 0.1) is 12.7 Å². The van der Waals surface area contributed by atoms with Crippen molar-refractivity contribution in [1.29, 1.82) is 0 Å². The molecular formula is C22H18N4O. The van der Waals surface area contributed by atoms with E-state index in [-0.39, 0.29) is 0 Å². The molecule has 5 heteroatoms. The minimum absolute atomic E-state index is 0.729. The number of rotatable bonds is 3. The van der Waals surface area contributed by atoms with Gasteiger partial charge in [0.1, 0.15) is 17.3 Å². The lowest BCUT2D eigenvalue weighted by atomic mass is 9.99. The lowest BCUT2D eigenvalue weighted by molar-refractivity contribution is 0.378. The first-order chi connectivity index (χ1) is 13.4. The minimum atomic E-state index is 0.729. The summed E-state index contributed by atoms with van der Waals surface area (Å²) >= 11 is 0. The van der Waals surface area contributed by atoms with E-state index in [4.69, 9.17) is 4.52 Å². The largest absolute Gasteiger partial charge is 0.360 e. The number of hydrogen-bond acceptors (Lipinski definition) is 5. The Hall–Kier alpha value is -3.47. The summed E-state index contributed by atoms with van der Waals surface area (Å²) in [6.07, 6.45) is 6.04. The average Bonchev–Trinajstić information content (AvgIpc) is 3.18. The second kappa shape index (κ2) is 6.68. The van der Waals surface area contributed by atoms with Gasteiger partial charge < -0.3 is 9.42 Å². The molecular weight excluding hydrogens is 336 g/mol. The molecule has 4 aromatic rings. The Morgan fingerprint density at radius 3 is 2.41 bits per heavy atom. The molecule has 0 fully saturated rings. The van der Waals surface area contributed by atoms with E-state index in [0.717, 1.165) is 47.9 Å². The molecule has 2 aromatic heterocycles. The molecule has 0 bridgehead atoms. The van der Waals surface area contributed by atoms with Crippen molar-refractivity contribution >= 4 is 5.82 Å². The molecule has 5 rings (SSSR count). The van der Waals surface area contributed by atoms with Crippen LogP contribution in [-0.4, -0.2) is 21.7 Å². The summed E-state index contributed by atoms with van der Waals surface area (Å²) in [5, 5.41) is 4.36. The zero-order chi connectivity index (χ0) is 18.1. The van der Waals surface area contributed by atoms with Gasteiger partial charge in [0.15, 0.2) is 0 Å².